The van der Waals surface area contributed by atoms with Crippen LogP contribution in [0.5, 0.6) is 0 Å². The fourth-order valence-electron chi connectivity index (χ4n) is 1.08. The standard InChI is InChI=1S/C5H11NO.C3H5F2N.ClH/c1-6-5-2-3-7-4-5;4-3(5)1-6-2-3;/h5-6H,2-4H2,1H3;6H,1-2H2;1H. The summed E-state index contributed by atoms with van der Waals surface area (Å²) in [5, 5.41) is 5.59. The molecule has 0 aromatic carbocycles. The van der Waals surface area contributed by atoms with Gasteiger partial charge in [-0.3, -0.25) is 0 Å². The van der Waals surface area contributed by atoms with Gasteiger partial charge in [0.2, 0.25) is 0 Å². The van der Waals surface area contributed by atoms with Gasteiger partial charge in [-0.2, -0.15) is 0 Å². The highest BCUT2D eigenvalue weighted by molar-refractivity contribution is 5.85. The number of ether oxygens (including phenoxy) is 1. The summed E-state index contributed by atoms with van der Waals surface area (Å²) in [6.07, 6.45) is 1.18. The van der Waals surface area contributed by atoms with Gasteiger partial charge in [-0.25, -0.2) is 8.78 Å². The molecule has 2 aliphatic rings. The Bertz CT molecular complexity index is 148. The fraction of sp³-hybridized carbons (Fsp3) is 1.00. The van der Waals surface area contributed by atoms with E-state index >= 15 is 0 Å². The maximum Gasteiger partial charge on any atom is 0.272 e. The highest BCUT2D eigenvalue weighted by Crippen LogP contribution is 2.16. The number of rotatable bonds is 1. The van der Waals surface area contributed by atoms with Crippen LogP contribution in [0.15, 0.2) is 0 Å². The SMILES string of the molecule is CNC1CCOC1.Cl.FC1(F)CNC1. The molecule has 0 bridgehead atoms. The number of nitrogens with one attached hydrogen (secondary N) is 2. The van der Waals surface area contributed by atoms with Crippen LogP contribution in [-0.2, 0) is 4.74 Å². The molecule has 1 unspecified atom stereocenters. The van der Waals surface area contributed by atoms with Crippen molar-refractivity contribution < 1.29 is 13.5 Å². The fourth-order valence-corrected chi connectivity index (χ4v) is 1.08. The number of alkyl halides is 2. The number of likely N-dealkylation sites (N-methyl/N-ethyl adjacent to an activating group) is 1. The van der Waals surface area contributed by atoms with E-state index in [1.807, 2.05) is 7.05 Å². The van der Waals surface area contributed by atoms with E-state index in [0.717, 1.165) is 13.2 Å². The molecule has 0 spiro atoms. The van der Waals surface area contributed by atoms with E-state index in [4.69, 9.17) is 4.74 Å². The average molecular weight is 231 g/mol. The summed E-state index contributed by atoms with van der Waals surface area (Å²) < 4.78 is 28.0. The third-order valence-electron chi connectivity index (χ3n) is 2.11. The van der Waals surface area contributed by atoms with Crippen LogP contribution in [0.1, 0.15) is 6.42 Å². The minimum Gasteiger partial charge on any atom is -0.380 e. The minimum absolute atomic E-state index is 0. The normalized spacial score (nSPS) is 28.1. The summed E-state index contributed by atoms with van der Waals surface area (Å²) in [5.74, 6) is -2.39. The van der Waals surface area contributed by atoms with E-state index in [2.05, 4.69) is 10.6 Å². The van der Waals surface area contributed by atoms with E-state index < -0.39 is 5.92 Å². The first-order valence-corrected chi connectivity index (χ1v) is 4.47. The van der Waals surface area contributed by atoms with Crippen LogP contribution in [0.25, 0.3) is 0 Å². The minimum atomic E-state index is -2.39. The molecule has 3 nitrogen and oxygen atoms in total. The molecule has 2 aliphatic heterocycles. The molecular weight excluding hydrogens is 214 g/mol. The van der Waals surface area contributed by atoms with E-state index in [0.29, 0.717) is 6.04 Å². The largest absolute Gasteiger partial charge is 0.380 e. The van der Waals surface area contributed by atoms with Gasteiger partial charge in [-0.15, -0.1) is 12.4 Å². The van der Waals surface area contributed by atoms with Gasteiger partial charge in [0, 0.05) is 12.6 Å². The van der Waals surface area contributed by atoms with Crippen molar-refractivity contribution in [1.82, 2.24) is 10.6 Å². The van der Waals surface area contributed by atoms with E-state index in [1.54, 1.807) is 0 Å². The first kappa shape index (κ1) is 14.0. The lowest BCUT2D eigenvalue weighted by Gasteiger charge is -2.25. The zero-order chi connectivity index (χ0) is 9.73. The molecule has 0 aromatic heterocycles. The molecule has 6 heteroatoms. The van der Waals surface area contributed by atoms with Gasteiger partial charge in [0.25, 0.3) is 5.92 Å². The van der Waals surface area contributed by atoms with Gasteiger partial charge in [0.15, 0.2) is 0 Å². The Morgan fingerprint density at radius 3 is 2.14 bits per heavy atom. The molecule has 2 fully saturated rings. The Labute approximate surface area is 89.0 Å². The van der Waals surface area contributed by atoms with Crippen LogP contribution in [0.2, 0.25) is 0 Å². The second kappa shape index (κ2) is 6.50. The number of hydrogen-bond donors (Lipinski definition) is 2. The molecule has 2 saturated heterocycles. The topological polar surface area (TPSA) is 33.3 Å². The first-order chi connectivity index (χ1) is 6.14. The summed E-state index contributed by atoms with van der Waals surface area (Å²) in [6, 6.07) is 0.625. The van der Waals surface area contributed by atoms with Crippen LogP contribution >= 0.6 is 12.4 Å². The zero-order valence-electron chi connectivity index (χ0n) is 8.19. The highest BCUT2D eigenvalue weighted by Gasteiger charge is 2.36. The molecule has 1 atom stereocenters. The van der Waals surface area contributed by atoms with Crippen molar-refractivity contribution in [2.24, 2.45) is 0 Å². The molecule has 0 aromatic rings. The molecule has 86 valence electrons. The van der Waals surface area contributed by atoms with Crippen molar-refractivity contribution in [3.63, 3.8) is 0 Å². The van der Waals surface area contributed by atoms with Crippen LogP contribution in [0.3, 0.4) is 0 Å². The Morgan fingerprint density at radius 1 is 1.43 bits per heavy atom. The Kier molecular flexibility index (Phi) is 6.52. The van der Waals surface area contributed by atoms with Gasteiger partial charge in [-0.1, -0.05) is 0 Å². The molecule has 14 heavy (non-hydrogen) atoms. The summed E-state index contributed by atoms with van der Waals surface area (Å²) in [6.45, 7) is 1.57. The monoisotopic (exact) mass is 230 g/mol. The van der Waals surface area contributed by atoms with Crippen LogP contribution in [-0.4, -0.2) is 45.3 Å². The van der Waals surface area contributed by atoms with Gasteiger partial charge in [0.1, 0.15) is 0 Å². The van der Waals surface area contributed by atoms with Crippen molar-refractivity contribution in [3.8, 4) is 0 Å². The van der Waals surface area contributed by atoms with Crippen LogP contribution in [0, 0.1) is 0 Å². The van der Waals surface area contributed by atoms with Gasteiger partial charge in [-0.05, 0) is 13.5 Å². The van der Waals surface area contributed by atoms with Crippen molar-refractivity contribution in [2.45, 2.75) is 18.4 Å². The number of halogens is 3. The Morgan fingerprint density at radius 2 is 2.00 bits per heavy atom. The van der Waals surface area contributed by atoms with Gasteiger partial charge < -0.3 is 15.4 Å². The van der Waals surface area contributed by atoms with Crippen molar-refractivity contribution in [1.29, 1.82) is 0 Å². The van der Waals surface area contributed by atoms with Crippen molar-refractivity contribution in [2.75, 3.05) is 33.4 Å². The van der Waals surface area contributed by atoms with Crippen LogP contribution in [0.4, 0.5) is 8.78 Å². The second-order valence-electron chi connectivity index (χ2n) is 3.31. The summed E-state index contributed by atoms with van der Waals surface area (Å²) in [5.41, 5.74) is 0. The zero-order valence-corrected chi connectivity index (χ0v) is 9.00. The summed E-state index contributed by atoms with van der Waals surface area (Å²) in [4.78, 5) is 0. The lowest BCUT2D eigenvalue weighted by molar-refractivity contribution is -0.0475. The molecule has 0 radical (unpaired) electrons. The molecular formula is C8H17ClF2N2O. The van der Waals surface area contributed by atoms with E-state index in [-0.39, 0.29) is 25.5 Å². The van der Waals surface area contributed by atoms with E-state index in [9.17, 15) is 8.78 Å². The van der Waals surface area contributed by atoms with E-state index in [1.165, 1.54) is 6.42 Å². The second-order valence-corrected chi connectivity index (χ2v) is 3.31. The van der Waals surface area contributed by atoms with Crippen molar-refractivity contribution in [3.05, 3.63) is 0 Å². The maximum absolute atomic E-state index is 11.5. The quantitative estimate of drug-likeness (QED) is 0.694. The maximum atomic E-state index is 11.5. The summed E-state index contributed by atoms with van der Waals surface area (Å²) >= 11 is 0. The summed E-state index contributed by atoms with van der Waals surface area (Å²) in [7, 11) is 1.97. The molecule has 0 amide bonds. The van der Waals surface area contributed by atoms with Crippen LogP contribution < -0.4 is 10.6 Å². The third kappa shape index (κ3) is 5.05. The predicted octanol–water partition coefficient (Wildman–Crippen LogP) is 0.641. The average Bonchev–Trinajstić information content (AvgIpc) is 2.54. The molecule has 2 heterocycles. The molecule has 2 rings (SSSR count). The molecule has 0 aliphatic carbocycles. The lowest BCUT2D eigenvalue weighted by Crippen LogP contribution is -2.52. The lowest BCUT2D eigenvalue weighted by atomic mass is 10.2. The Hall–Kier alpha value is 0.0300. The Balaban J connectivity index is 0.000000227. The van der Waals surface area contributed by atoms with Gasteiger partial charge >= 0.3 is 0 Å². The molecule has 0 saturated carbocycles. The third-order valence-corrected chi connectivity index (χ3v) is 2.11. The smallest absolute Gasteiger partial charge is 0.272 e. The van der Waals surface area contributed by atoms with Gasteiger partial charge in [0.05, 0.1) is 19.7 Å². The predicted molar refractivity (Wildman–Crippen MR) is 53.3 cm³/mol. The highest BCUT2D eigenvalue weighted by atomic mass is 35.5. The van der Waals surface area contributed by atoms with Crippen molar-refractivity contribution >= 4 is 12.4 Å². The number of hydrogen-bond acceptors (Lipinski definition) is 3. The first-order valence-electron chi connectivity index (χ1n) is 4.47. The molecule has 2 N–H and O–H groups in total.